The number of non-ortho nitro benzene ring substituents is 1. The lowest BCUT2D eigenvalue weighted by Gasteiger charge is -2.43. The molecule has 0 bridgehead atoms. The molecule has 1 aliphatic carbocycles. The van der Waals surface area contributed by atoms with Crippen molar-refractivity contribution in [3.05, 3.63) is 34.4 Å². The Morgan fingerprint density at radius 1 is 1.09 bits per heavy atom. The summed E-state index contributed by atoms with van der Waals surface area (Å²) in [4.78, 5) is 39.9. The molecule has 2 amide bonds. The van der Waals surface area contributed by atoms with Gasteiger partial charge in [0.25, 0.3) is 5.69 Å². The van der Waals surface area contributed by atoms with E-state index in [9.17, 15) is 28.1 Å². The third-order valence-electron chi connectivity index (χ3n) is 6.75. The molecule has 1 aromatic carbocycles. The van der Waals surface area contributed by atoms with Crippen LogP contribution < -0.4 is 4.72 Å². The van der Waals surface area contributed by atoms with Crippen LogP contribution in [0.3, 0.4) is 0 Å². The van der Waals surface area contributed by atoms with Gasteiger partial charge >= 0.3 is 0 Å². The van der Waals surface area contributed by atoms with Crippen LogP contribution in [0.25, 0.3) is 0 Å². The van der Waals surface area contributed by atoms with Gasteiger partial charge in [0, 0.05) is 43.7 Å². The van der Waals surface area contributed by atoms with Crippen molar-refractivity contribution in [3.8, 4) is 0 Å². The highest BCUT2D eigenvalue weighted by molar-refractivity contribution is 7.89. The van der Waals surface area contributed by atoms with Crippen LogP contribution in [-0.2, 0) is 19.6 Å². The van der Waals surface area contributed by atoms with Gasteiger partial charge in [-0.2, -0.15) is 4.72 Å². The molecule has 2 unspecified atom stereocenters. The zero-order valence-electron chi connectivity index (χ0n) is 20.0. The first-order valence-electron chi connectivity index (χ1n) is 11.9. The summed E-state index contributed by atoms with van der Waals surface area (Å²) < 4.78 is 28.3. The van der Waals surface area contributed by atoms with E-state index in [2.05, 4.69) is 4.72 Å². The van der Waals surface area contributed by atoms with E-state index in [4.69, 9.17) is 0 Å². The van der Waals surface area contributed by atoms with Gasteiger partial charge in [-0.15, -0.1) is 0 Å². The van der Waals surface area contributed by atoms with Gasteiger partial charge in [0.2, 0.25) is 21.8 Å². The number of carbonyl (C=O) groups is 2. The quantitative estimate of drug-likeness (QED) is 0.458. The van der Waals surface area contributed by atoms with Crippen molar-refractivity contribution in [3.63, 3.8) is 0 Å². The molecule has 1 N–H and O–H groups in total. The molecular formula is C23H34N4O6S. The maximum Gasteiger partial charge on any atom is 0.269 e. The van der Waals surface area contributed by atoms with Gasteiger partial charge in [0.15, 0.2) is 0 Å². The molecule has 1 saturated carbocycles. The van der Waals surface area contributed by atoms with Gasteiger partial charge in [0.05, 0.1) is 9.82 Å². The van der Waals surface area contributed by atoms with Gasteiger partial charge in [-0.05, 0) is 37.8 Å². The second-order valence-electron chi connectivity index (χ2n) is 9.59. The molecular weight excluding hydrogens is 460 g/mol. The van der Waals surface area contributed by atoms with Gasteiger partial charge in [-0.25, -0.2) is 8.42 Å². The summed E-state index contributed by atoms with van der Waals surface area (Å²) >= 11 is 0. The standard InChI is InChI=1S/C23H34N4O6S/c1-16(2)21(24-34(32,33)20-11-9-19(10-12-20)27(30)31)23(29)25-13-14-26(17(3)15-25)22(28)18-7-5-4-6-8-18/h9-12,16-18,21,24H,4-8,13-15H2,1-3H3. The number of amides is 2. The molecule has 0 radical (unpaired) electrons. The zero-order valence-corrected chi connectivity index (χ0v) is 20.8. The van der Waals surface area contributed by atoms with E-state index >= 15 is 0 Å². The number of benzene rings is 1. The Balaban J connectivity index is 1.67. The average Bonchev–Trinajstić information content (AvgIpc) is 2.82. The molecule has 0 aromatic heterocycles. The summed E-state index contributed by atoms with van der Waals surface area (Å²) in [6.07, 6.45) is 5.17. The summed E-state index contributed by atoms with van der Waals surface area (Å²) in [7, 11) is -4.07. The Hall–Kier alpha value is -2.53. The minimum atomic E-state index is -4.07. The molecule has 1 aliphatic heterocycles. The summed E-state index contributed by atoms with van der Waals surface area (Å²) in [6.45, 7) is 6.57. The van der Waals surface area contributed by atoms with Crippen molar-refractivity contribution in [1.29, 1.82) is 0 Å². The fourth-order valence-corrected chi connectivity index (χ4v) is 6.06. The lowest BCUT2D eigenvalue weighted by molar-refractivity contribution is -0.384. The van der Waals surface area contributed by atoms with E-state index in [1.54, 1.807) is 18.7 Å². The van der Waals surface area contributed by atoms with Crippen molar-refractivity contribution in [2.75, 3.05) is 19.6 Å². The smallest absolute Gasteiger partial charge is 0.269 e. The second kappa shape index (κ2) is 10.8. The molecule has 2 atom stereocenters. The first-order valence-corrected chi connectivity index (χ1v) is 13.4. The van der Waals surface area contributed by atoms with Crippen molar-refractivity contribution in [1.82, 2.24) is 14.5 Å². The van der Waals surface area contributed by atoms with Crippen molar-refractivity contribution >= 4 is 27.5 Å². The van der Waals surface area contributed by atoms with Crippen molar-refractivity contribution in [2.24, 2.45) is 11.8 Å². The fraction of sp³-hybridized carbons (Fsp3) is 0.652. The van der Waals surface area contributed by atoms with Crippen LogP contribution in [0.1, 0.15) is 52.9 Å². The van der Waals surface area contributed by atoms with Crippen LogP contribution in [0.15, 0.2) is 29.2 Å². The number of nitrogens with zero attached hydrogens (tertiary/aromatic N) is 3. The summed E-state index contributed by atoms with van der Waals surface area (Å²) in [6, 6.07) is 3.40. The molecule has 34 heavy (non-hydrogen) atoms. The minimum absolute atomic E-state index is 0.0652. The van der Waals surface area contributed by atoms with Crippen LogP contribution in [-0.4, -0.2) is 66.7 Å². The number of sulfonamides is 1. The summed E-state index contributed by atoms with van der Waals surface area (Å²) in [5.74, 6) is -0.427. The Morgan fingerprint density at radius 3 is 2.24 bits per heavy atom. The highest BCUT2D eigenvalue weighted by atomic mass is 32.2. The third-order valence-corrected chi connectivity index (χ3v) is 8.21. The molecule has 2 aliphatic rings. The van der Waals surface area contributed by atoms with Gasteiger partial charge in [-0.3, -0.25) is 19.7 Å². The topological polar surface area (TPSA) is 130 Å². The Bertz CT molecular complexity index is 1000. The maximum absolute atomic E-state index is 13.3. The predicted molar refractivity (Wildman–Crippen MR) is 126 cm³/mol. The number of hydrogen-bond acceptors (Lipinski definition) is 6. The number of piperazine rings is 1. The number of nitro groups is 1. The molecule has 3 rings (SSSR count). The Kier molecular flexibility index (Phi) is 8.29. The molecule has 188 valence electrons. The molecule has 1 aromatic rings. The van der Waals surface area contributed by atoms with Crippen molar-refractivity contribution in [2.45, 2.75) is 69.9 Å². The number of nitro benzene ring substituents is 1. The van der Waals surface area contributed by atoms with Gasteiger partial charge in [-0.1, -0.05) is 33.1 Å². The summed E-state index contributed by atoms with van der Waals surface area (Å²) in [5, 5.41) is 10.8. The van der Waals surface area contributed by atoms with E-state index in [1.807, 2.05) is 11.8 Å². The molecule has 10 nitrogen and oxygen atoms in total. The number of hydrogen-bond donors (Lipinski definition) is 1. The number of carbonyl (C=O) groups excluding carboxylic acids is 2. The molecule has 2 fully saturated rings. The van der Waals surface area contributed by atoms with Crippen molar-refractivity contribution < 1.29 is 22.9 Å². The molecule has 1 saturated heterocycles. The van der Waals surface area contributed by atoms with E-state index in [0.717, 1.165) is 49.9 Å². The Morgan fingerprint density at radius 2 is 1.71 bits per heavy atom. The number of rotatable bonds is 7. The molecule has 1 heterocycles. The highest BCUT2D eigenvalue weighted by Crippen LogP contribution is 2.27. The zero-order chi connectivity index (χ0) is 25.0. The normalized spacial score (nSPS) is 20.9. The fourth-order valence-electron chi connectivity index (χ4n) is 4.72. The Labute approximate surface area is 200 Å². The molecule has 11 heteroatoms. The SMILES string of the molecule is CC(C)C(NS(=O)(=O)c1ccc([N+](=O)[O-])cc1)C(=O)N1CCN(C(=O)C2CCCCC2)C(C)C1. The second-order valence-corrected chi connectivity index (χ2v) is 11.3. The van der Waals surface area contributed by atoms with Crippen LogP contribution >= 0.6 is 0 Å². The lowest BCUT2D eigenvalue weighted by atomic mass is 9.87. The maximum atomic E-state index is 13.3. The number of nitrogens with one attached hydrogen (secondary N) is 1. The van der Waals surface area contributed by atoms with Gasteiger partial charge in [0.1, 0.15) is 6.04 Å². The molecule has 0 spiro atoms. The summed E-state index contributed by atoms with van der Waals surface area (Å²) in [5.41, 5.74) is -0.218. The highest BCUT2D eigenvalue weighted by Gasteiger charge is 2.37. The van der Waals surface area contributed by atoms with E-state index in [0.29, 0.717) is 19.6 Å². The largest absolute Gasteiger partial charge is 0.337 e. The minimum Gasteiger partial charge on any atom is -0.337 e. The first-order chi connectivity index (χ1) is 16.0. The average molecular weight is 495 g/mol. The van der Waals surface area contributed by atoms with Gasteiger partial charge < -0.3 is 9.80 Å². The van der Waals surface area contributed by atoms with Crippen LogP contribution in [0.2, 0.25) is 0 Å². The monoisotopic (exact) mass is 494 g/mol. The van der Waals surface area contributed by atoms with Crippen LogP contribution in [0.5, 0.6) is 0 Å². The third kappa shape index (κ3) is 5.93. The first kappa shape index (κ1) is 26.1. The predicted octanol–water partition coefficient (Wildman–Crippen LogP) is 2.54. The van der Waals surface area contributed by atoms with E-state index in [1.165, 1.54) is 6.42 Å². The lowest BCUT2D eigenvalue weighted by Crippen LogP contribution is -2.60. The van der Waals surface area contributed by atoms with E-state index in [-0.39, 0.29) is 40.3 Å². The van der Waals surface area contributed by atoms with Crippen LogP contribution in [0.4, 0.5) is 5.69 Å². The van der Waals surface area contributed by atoms with E-state index < -0.39 is 21.0 Å². The van der Waals surface area contributed by atoms with Crippen LogP contribution in [0, 0.1) is 22.0 Å².